The Balaban J connectivity index is 2.17. The molecule has 1 aromatic carbocycles. The number of nitrogens with two attached hydrogens (primary N) is 1. The Kier molecular flexibility index (Phi) is 4.56. The maximum Gasteiger partial charge on any atom is 0.142 e. The Labute approximate surface area is 122 Å². The van der Waals surface area contributed by atoms with Crippen molar-refractivity contribution >= 4 is 21.7 Å². The second-order valence-corrected chi connectivity index (χ2v) is 5.55. The molecule has 4 heteroatoms. The predicted molar refractivity (Wildman–Crippen MR) is 83.1 cm³/mol. The van der Waals surface area contributed by atoms with Gasteiger partial charge in [0, 0.05) is 26.3 Å². The van der Waals surface area contributed by atoms with E-state index in [0.29, 0.717) is 6.54 Å². The van der Waals surface area contributed by atoms with Crippen molar-refractivity contribution in [2.75, 3.05) is 11.9 Å². The minimum atomic E-state index is 0.573. The van der Waals surface area contributed by atoms with Crippen molar-refractivity contribution in [1.82, 2.24) is 4.98 Å². The van der Waals surface area contributed by atoms with Crippen LogP contribution in [-0.2, 0) is 13.1 Å². The quantitative estimate of drug-likeness (QED) is 0.940. The van der Waals surface area contributed by atoms with E-state index < -0.39 is 0 Å². The number of benzene rings is 1. The molecule has 0 spiro atoms. The van der Waals surface area contributed by atoms with Gasteiger partial charge < -0.3 is 10.6 Å². The second-order valence-electron chi connectivity index (χ2n) is 4.70. The number of aromatic nitrogens is 1. The van der Waals surface area contributed by atoms with Gasteiger partial charge in [-0.05, 0) is 45.6 Å². The number of halogens is 1. The lowest BCUT2D eigenvalue weighted by atomic mass is 10.1. The summed E-state index contributed by atoms with van der Waals surface area (Å²) in [4.78, 5) is 6.60. The lowest BCUT2D eigenvalue weighted by Gasteiger charge is -2.20. The topological polar surface area (TPSA) is 42.2 Å². The standard InChI is InChI=1S/C15H18BrN3/c1-11-6-14(16)15(18-9-11)19(2)10-13-5-3-4-12(7-13)8-17/h3-7,9H,8,10,17H2,1-2H3. The van der Waals surface area contributed by atoms with E-state index in [0.717, 1.165) is 28.0 Å². The van der Waals surface area contributed by atoms with Gasteiger partial charge in [-0.1, -0.05) is 24.3 Å². The second kappa shape index (κ2) is 6.17. The Morgan fingerprint density at radius 1 is 1.26 bits per heavy atom. The Morgan fingerprint density at radius 2 is 2.00 bits per heavy atom. The monoisotopic (exact) mass is 319 g/mol. The molecule has 0 saturated heterocycles. The van der Waals surface area contributed by atoms with Crippen LogP contribution in [0.25, 0.3) is 0 Å². The maximum atomic E-state index is 5.67. The molecule has 0 radical (unpaired) electrons. The highest BCUT2D eigenvalue weighted by molar-refractivity contribution is 9.10. The summed E-state index contributed by atoms with van der Waals surface area (Å²) in [5.74, 6) is 0.948. The van der Waals surface area contributed by atoms with Gasteiger partial charge in [0.1, 0.15) is 5.82 Å². The molecule has 1 aromatic heterocycles. The number of hydrogen-bond donors (Lipinski definition) is 1. The predicted octanol–water partition coefficient (Wildman–Crippen LogP) is 3.25. The highest BCUT2D eigenvalue weighted by Crippen LogP contribution is 2.24. The molecule has 2 N–H and O–H groups in total. The van der Waals surface area contributed by atoms with E-state index in [1.807, 2.05) is 32.3 Å². The zero-order chi connectivity index (χ0) is 13.8. The molecule has 100 valence electrons. The number of nitrogens with zero attached hydrogens (tertiary/aromatic N) is 2. The molecule has 2 aromatic rings. The summed E-state index contributed by atoms with van der Waals surface area (Å²) in [5.41, 5.74) is 9.21. The van der Waals surface area contributed by atoms with Crippen molar-refractivity contribution in [3.8, 4) is 0 Å². The summed E-state index contributed by atoms with van der Waals surface area (Å²) in [6.07, 6.45) is 1.88. The Morgan fingerprint density at radius 3 is 2.68 bits per heavy atom. The van der Waals surface area contributed by atoms with Crippen LogP contribution in [0.3, 0.4) is 0 Å². The molecule has 0 aliphatic heterocycles. The molecule has 0 atom stereocenters. The van der Waals surface area contributed by atoms with Gasteiger partial charge in [-0.15, -0.1) is 0 Å². The summed E-state index contributed by atoms with van der Waals surface area (Å²) >= 11 is 3.57. The number of anilines is 1. The van der Waals surface area contributed by atoms with E-state index >= 15 is 0 Å². The Hall–Kier alpha value is -1.39. The summed E-state index contributed by atoms with van der Waals surface area (Å²) in [6.45, 7) is 3.42. The maximum absolute atomic E-state index is 5.67. The van der Waals surface area contributed by atoms with E-state index in [1.54, 1.807) is 0 Å². The number of rotatable bonds is 4. The molecule has 19 heavy (non-hydrogen) atoms. The highest BCUT2D eigenvalue weighted by atomic mass is 79.9. The van der Waals surface area contributed by atoms with Gasteiger partial charge in [0.2, 0.25) is 0 Å². The van der Waals surface area contributed by atoms with Crippen LogP contribution in [0, 0.1) is 6.92 Å². The molecule has 0 aliphatic carbocycles. The first-order chi connectivity index (χ1) is 9.10. The molecule has 0 bridgehead atoms. The molecule has 2 rings (SSSR count). The minimum Gasteiger partial charge on any atom is -0.354 e. The summed E-state index contributed by atoms with van der Waals surface area (Å²) < 4.78 is 1.02. The van der Waals surface area contributed by atoms with Crippen molar-refractivity contribution in [1.29, 1.82) is 0 Å². The normalized spacial score (nSPS) is 10.5. The average Bonchev–Trinajstić information content (AvgIpc) is 2.38. The van der Waals surface area contributed by atoms with E-state index in [-0.39, 0.29) is 0 Å². The molecule has 0 fully saturated rings. The van der Waals surface area contributed by atoms with Crippen LogP contribution in [0.5, 0.6) is 0 Å². The Bertz CT molecular complexity index is 569. The van der Waals surface area contributed by atoms with Crippen LogP contribution in [0.4, 0.5) is 5.82 Å². The van der Waals surface area contributed by atoms with Crippen LogP contribution in [0.1, 0.15) is 16.7 Å². The lowest BCUT2D eigenvalue weighted by molar-refractivity contribution is 0.888. The van der Waals surface area contributed by atoms with E-state index in [9.17, 15) is 0 Å². The fourth-order valence-corrected chi connectivity index (χ4v) is 2.78. The van der Waals surface area contributed by atoms with Crippen molar-refractivity contribution < 1.29 is 0 Å². The van der Waals surface area contributed by atoms with Crippen molar-refractivity contribution in [2.24, 2.45) is 5.73 Å². The first-order valence-corrected chi connectivity index (χ1v) is 7.00. The van der Waals surface area contributed by atoms with Crippen molar-refractivity contribution in [3.05, 3.63) is 57.7 Å². The average molecular weight is 320 g/mol. The summed E-state index contributed by atoms with van der Waals surface area (Å²) in [5, 5.41) is 0. The van der Waals surface area contributed by atoms with Gasteiger partial charge in [-0.2, -0.15) is 0 Å². The zero-order valence-electron chi connectivity index (χ0n) is 11.2. The fraction of sp³-hybridized carbons (Fsp3) is 0.267. The van der Waals surface area contributed by atoms with Crippen LogP contribution >= 0.6 is 15.9 Å². The van der Waals surface area contributed by atoms with Gasteiger partial charge in [0.05, 0.1) is 4.47 Å². The third-order valence-corrected chi connectivity index (χ3v) is 3.55. The first kappa shape index (κ1) is 14.0. The minimum absolute atomic E-state index is 0.573. The third-order valence-electron chi connectivity index (χ3n) is 2.97. The SMILES string of the molecule is Cc1cnc(N(C)Cc2cccc(CN)c2)c(Br)c1. The number of hydrogen-bond acceptors (Lipinski definition) is 3. The molecule has 0 saturated carbocycles. The van der Waals surface area contributed by atoms with Gasteiger partial charge in [-0.25, -0.2) is 4.98 Å². The third kappa shape index (κ3) is 3.55. The lowest BCUT2D eigenvalue weighted by Crippen LogP contribution is -2.18. The van der Waals surface area contributed by atoms with Crippen LogP contribution in [0.2, 0.25) is 0 Å². The van der Waals surface area contributed by atoms with Gasteiger partial charge in [-0.3, -0.25) is 0 Å². The number of aryl methyl sites for hydroxylation is 1. The van der Waals surface area contributed by atoms with Crippen molar-refractivity contribution in [2.45, 2.75) is 20.0 Å². The molecule has 0 aliphatic rings. The van der Waals surface area contributed by atoms with Crippen LogP contribution in [0.15, 0.2) is 41.0 Å². The zero-order valence-corrected chi connectivity index (χ0v) is 12.8. The van der Waals surface area contributed by atoms with E-state index in [2.05, 4.69) is 44.0 Å². The largest absolute Gasteiger partial charge is 0.354 e. The summed E-state index contributed by atoms with van der Waals surface area (Å²) in [6, 6.07) is 10.4. The molecular weight excluding hydrogens is 302 g/mol. The fourth-order valence-electron chi connectivity index (χ4n) is 2.01. The number of pyridine rings is 1. The van der Waals surface area contributed by atoms with E-state index in [1.165, 1.54) is 5.56 Å². The first-order valence-electron chi connectivity index (χ1n) is 6.21. The van der Waals surface area contributed by atoms with Crippen LogP contribution in [-0.4, -0.2) is 12.0 Å². The molecule has 3 nitrogen and oxygen atoms in total. The van der Waals surface area contributed by atoms with Gasteiger partial charge in [0.25, 0.3) is 0 Å². The van der Waals surface area contributed by atoms with E-state index in [4.69, 9.17) is 5.73 Å². The smallest absolute Gasteiger partial charge is 0.142 e. The summed E-state index contributed by atoms with van der Waals surface area (Å²) in [7, 11) is 2.04. The van der Waals surface area contributed by atoms with Crippen molar-refractivity contribution in [3.63, 3.8) is 0 Å². The van der Waals surface area contributed by atoms with Crippen LogP contribution < -0.4 is 10.6 Å². The molecule has 1 heterocycles. The molecule has 0 amide bonds. The molecule has 0 unspecified atom stereocenters. The molecular formula is C15H18BrN3. The van der Waals surface area contributed by atoms with Gasteiger partial charge in [0.15, 0.2) is 0 Å². The highest BCUT2D eigenvalue weighted by Gasteiger charge is 2.08. The van der Waals surface area contributed by atoms with Gasteiger partial charge >= 0.3 is 0 Å².